The molecule has 1 aliphatic rings. The average molecular weight is 372 g/mol. The van der Waals surface area contributed by atoms with Crippen LogP contribution in [0.3, 0.4) is 0 Å². The summed E-state index contributed by atoms with van der Waals surface area (Å²) in [6.45, 7) is 0. The van der Waals surface area contributed by atoms with E-state index in [1.165, 1.54) is 6.20 Å². The fourth-order valence-corrected chi connectivity index (χ4v) is 2.62. The largest absolute Gasteiger partial charge is 0.297 e. The standard InChI is InChI=1S/C14H8F4N4O2S/c15-6-5-7(16)11(18)12(10(6)17)22-9(23)2-1-8(21-22)13(24)20-14-19-3-4-25-14/h3-5H,1-2H2,(H,19,20,24). The zero-order chi connectivity index (χ0) is 18.1. The second-order valence-electron chi connectivity index (χ2n) is 4.86. The highest BCUT2D eigenvalue weighted by Crippen LogP contribution is 2.30. The minimum absolute atomic E-state index is 0.0163. The number of carbonyl (C=O) groups excluding carboxylic acids is 2. The van der Waals surface area contributed by atoms with Crippen molar-refractivity contribution in [2.24, 2.45) is 5.10 Å². The number of hydrogen-bond acceptors (Lipinski definition) is 5. The molecule has 11 heteroatoms. The predicted molar refractivity (Wildman–Crippen MR) is 81.2 cm³/mol. The maximum atomic E-state index is 13.9. The van der Waals surface area contributed by atoms with E-state index in [0.29, 0.717) is 0 Å². The van der Waals surface area contributed by atoms with Crippen molar-refractivity contribution in [1.82, 2.24) is 4.98 Å². The van der Waals surface area contributed by atoms with Gasteiger partial charge in [-0.15, -0.1) is 11.3 Å². The molecular formula is C14H8F4N4O2S. The van der Waals surface area contributed by atoms with Crippen molar-refractivity contribution < 1.29 is 27.2 Å². The summed E-state index contributed by atoms with van der Waals surface area (Å²) in [5.74, 6) is -8.58. The van der Waals surface area contributed by atoms with Gasteiger partial charge in [0.15, 0.2) is 28.4 Å². The first-order valence-corrected chi connectivity index (χ1v) is 7.70. The van der Waals surface area contributed by atoms with Gasteiger partial charge in [0.05, 0.1) is 0 Å². The van der Waals surface area contributed by atoms with Crippen LogP contribution in [0.2, 0.25) is 0 Å². The molecule has 25 heavy (non-hydrogen) atoms. The summed E-state index contributed by atoms with van der Waals surface area (Å²) >= 11 is 1.12. The summed E-state index contributed by atoms with van der Waals surface area (Å²) in [6, 6.07) is 0.0163. The lowest BCUT2D eigenvalue weighted by atomic mass is 10.1. The molecule has 1 aromatic carbocycles. The van der Waals surface area contributed by atoms with E-state index >= 15 is 0 Å². The van der Waals surface area contributed by atoms with Gasteiger partial charge < -0.3 is 0 Å². The molecule has 0 radical (unpaired) electrons. The molecule has 0 atom stereocenters. The monoisotopic (exact) mass is 372 g/mol. The molecule has 3 rings (SSSR count). The predicted octanol–water partition coefficient (Wildman–Crippen LogP) is 2.82. The van der Waals surface area contributed by atoms with Crippen molar-refractivity contribution in [2.75, 3.05) is 10.3 Å². The van der Waals surface area contributed by atoms with Crippen molar-refractivity contribution in [1.29, 1.82) is 0 Å². The van der Waals surface area contributed by atoms with E-state index in [-0.39, 0.29) is 34.8 Å². The van der Waals surface area contributed by atoms with E-state index in [2.05, 4.69) is 15.4 Å². The van der Waals surface area contributed by atoms with E-state index in [4.69, 9.17) is 0 Å². The first-order chi connectivity index (χ1) is 11.9. The minimum atomic E-state index is -1.78. The number of amides is 2. The number of halogens is 4. The second kappa shape index (κ2) is 6.59. The van der Waals surface area contributed by atoms with Gasteiger partial charge >= 0.3 is 0 Å². The van der Waals surface area contributed by atoms with Gasteiger partial charge in [0.25, 0.3) is 5.91 Å². The van der Waals surface area contributed by atoms with Crippen LogP contribution in [0, 0.1) is 23.3 Å². The summed E-state index contributed by atoms with van der Waals surface area (Å²) in [5.41, 5.74) is -1.54. The number of hydrazone groups is 1. The van der Waals surface area contributed by atoms with Crippen molar-refractivity contribution in [2.45, 2.75) is 12.8 Å². The lowest BCUT2D eigenvalue weighted by Gasteiger charge is -2.23. The van der Waals surface area contributed by atoms with E-state index in [1.807, 2.05) is 0 Å². The molecule has 0 fully saturated rings. The number of nitrogens with one attached hydrogen (secondary N) is 1. The molecule has 1 aromatic heterocycles. The van der Waals surface area contributed by atoms with Gasteiger partial charge in [0.2, 0.25) is 5.91 Å². The third kappa shape index (κ3) is 3.22. The Morgan fingerprint density at radius 1 is 1.16 bits per heavy atom. The normalized spacial score (nSPS) is 14.5. The molecule has 2 amide bonds. The Morgan fingerprint density at radius 2 is 1.84 bits per heavy atom. The number of nitrogens with zero attached hydrogens (tertiary/aromatic N) is 3. The molecule has 0 aliphatic carbocycles. The molecule has 2 heterocycles. The third-order valence-corrected chi connectivity index (χ3v) is 3.94. The highest BCUT2D eigenvalue weighted by atomic mass is 32.1. The van der Waals surface area contributed by atoms with E-state index in [9.17, 15) is 27.2 Å². The smallest absolute Gasteiger partial charge is 0.273 e. The Bertz CT molecular complexity index is 859. The molecule has 1 N–H and O–H groups in total. The lowest BCUT2D eigenvalue weighted by molar-refractivity contribution is -0.118. The molecule has 0 saturated heterocycles. The number of rotatable bonds is 3. The molecule has 1 aliphatic heterocycles. The second-order valence-corrected chi connectivity index (χ2v) is 5.75. The van der Waals surface area contributed by atoms with Crippen molar-refractivity contribution in [3.05, 3.63) is 40.9 Å². The van der Waals surface area contributed by atoms with Gasteiger partial charge in [-0.05, 0) is 0 Å². The highest BCUT2D eigenvalue weighted by Gasteiger charge is 2.32. The van der Waals surface area contributed by atoms with Gasteiger partial charge in [0.1, 0.15) is 11.4 Å². The Morgan fingerprint density at radius 3 is 2.44 bits per heavy atom. The molecule has 0 bridgehead atoms. The summed E-state index contributed by atoms with van der Waals surface area (Å²) < 4.78 is 54.5. The zero-order valence-electron chi connectivity index (χ0n) is 12.2. The quantitative estimate of drug-likeness (QED) is 0.665. The number of anilines is 2. The summed E-state index contributed by atoms with van der Waals surface area (Å²) in [7, 11) is 0. The van der Waals surface area contributed by atoms with E-state index < -0.39 is 40.8 Å². The van der Waals surface area contributed by atoms with Crippen LogP contribution in [0.1, 0.15) is 12.8 Å². The lowest BCUT2D eigenvalue weighted by Crippen LogP contribution is -2.37. The van der Waals surface area contributed by atoms with Gasteiger partial charge in [0, 0.05) is 30.5 Å². The maximum Gasteiger partial charge on any atom is 0.273 e. The Kier molecular flexibility index (Phi) is 4.49. The molecule has 0 unspecified atom stereocenters. The van der Waals surface area contributed by atoms with Gasteiger partial charge in [-0.1, -0.05) is 0 Å². The zero-order valence-corrected chi connectivity index (χ0v) is 13.0. The molecule has 130 valence electrons. The van der Waals surface area contributed by atoms with Gasteiger partial charge in [-0.25, -0.2) is 22.5 Å². The highest BCUT2D eigenvalue weighted by molar-refractivity contribution is 7.13. The number of hydrogen-bond donors (Lipinski definition) is 1. The van der Waals surface area contributed by atoms with Crippen LogP contribution >= 0.6 is 11.3 Å². The summed E-state index contributed by atoms with van der Waals surface area (Å²) in [4.78, 5) is 27.8. The third-order valence-electron chi connectivity index (χ3n) is 3.25. The maximum absolute atomic E-state index is 13.9. The van der Waals surface area contributed by atoms with Crippen molar-refractivity contribution in [3.8, 4) is 0 Å². The molecular weight excluding hydrogens is 364 g/mol. The van der Waals surface area contributed by atoms with Crippen LogP contribution < -0.4 is 10.3 Å². The van der Waals surface area contributed by atoms with Crippen LogP contribution in [0.5, 0.6) is 0 Å². The first kappa shape index (κ1) is 17.0. The fourth-order valence-electron chi connectivity index (χ4n) is 2.09. The van der Waals surface area contributed by atoms with Gasteiger partial charge in [-0.2, -0.15) is 10.1 Å². The minimum Gasteiger partial charge on any atom is -0.297 e. The summed E-state index contributed by atoms with van der Waals surface area (Å²) in [6.07, 6.45) is 1.02. The van der Waals surface area contributed by atoms with Crippen LogP contribution in [-0.4, -0.2) is 22.5 Å². The van der Waals surface area contributed by atoms with Crippen molar-refractivity contribution >= 4 is 39.7 Å². The van der Waals surface area contributed by atoms with Crippen LogP contribution in [0.25, 0.3) is 0 Å². The number of benzene rings is 1. The van der Waals surface area contributed by atoms with Crippen LogP contribution in [0.15, 0.2) is 22.7 Å². The molecule has 6 nitrogen and oxygen atoms in total. The number of thiazole rings is 1. The fraction of sp³-hybridized carbons (Fsp3) is 0.143. The Labute approximate surface area is 141 Å². The van der Waals surface area contributed by atoms with E-state index in [0.717, 1.165) is 11.3 Å². The van der Waals surface area contributed by atoms with E-state index in [1.54, 1.807) is 5.38 Å². The SMILES string of the molecule is O=C(Nc1nccs1)C1=NN(c2c(F)c(F)cc(F)c2F)C(=O)CC1. The van der Waals surface area contributed by atoms with Gasteiger partial charge in [-0.3, -0.25) is 14.9 Å². The van der Waals surface area contributed by atoms with Crippen LogP contribution in [-0.2, 0) is 9.59 Å². The average Bonchev–Trinajstić information content (AvgIpc) is 3.07. The Balaban J connectivity index is 1.98. The summed E-state index contributed by atoms with van der Waals surface area (Å²) in [5, 5.41) is 7.99. The van der Waals surface area contributed by atoms with Crippen molar-refractivity contribution in [3.63, 3.8) is 0 Å². The first-order valence-electron chi connectivity index (χ1n) is 6.82. The number of carbonyl (C=O) groups is 2. The topological polar surface area (TPSA) is 74.7 Å². The van der Waals surface area contributed by atoms with Crippen LogP contribution in [0.4, 0.5) is 28.4 Å². The number of aromatic nitrogens is 1. The Hall–Kier alpha value is -2.82. The molecule has 0 spiro atoms. The molecule has 0 saturated carbocycles. The molecule has 2 aromatic rings.